The Labute approximate surface area is 49.4 Å². The number of primary amides is 1. The molecule has 0 unspecified atom stereocenters. The quantitative estimate of drug-likeness (QED) is 0.462. The van der Waals surface area contributed by atoms with Crippen molar-refractivity contribution < 1.29 is 14.3 Å². The minimum Gasteiger partial charge on any atom is -0.362 e. The Bertz CT molecular complexity index is 230. The van der Waals surface area contributed by atoms with Crippen molar-refractivity contribution in [2.75, 3.05) is 0 Å². The van der Waals surface area contributed by atoms with E-state index in [0.717, 1.165) is 6.20 Å². The van der Waals surface area contributed by atoms with Crippen LogP contribution in [-0.4, -0.2) is 11.1 Å². The largest absolute Gasteiger partial charge is 0.362 e. The third kappa shape index (κ3) is 0.958. The molecule has 1 amide bonds. The van der Waals surface area contributed by atoms with Crippen LogP contribution in [0.1, 0.15) is 10.5 Å². The zero-order valence-corrected chi connectivity index (χ0v) is 4.27. The fourth-order valence-electron chi connectivity index (χ4n) is 0.340. The van der Waals surface area contributed by atoms with Gasteiger partial charge in [-0.25, -0.2) is 0 Å². The van der Waals surface area contributed by atoms with E-state index in [2.05, 4.69) is 9.79 Å². The van der Waals surface area contributed by atoms with Crippen LogP contribution in [0.2, 0.25) is 0 Å². The number of nitrogens with two attached hydrogens (primary N) is 1. The number of hydrogen-bond acceptors (Lipinski definition) is 4. The fourth-order valence-corrected chi connectivity index (χ4v) is 0.340. The van der Waals surface area contributed by atoms with E-state index < -0.39 is 5.91 Å². The van der Waals surface area contributed by atoms with Gasteiger partial charge in [0, 0.05) is 0 Å². The van der Waals surface area contributed by atoms with Crippen molar-refractivity contribution in [2.45, 2.75) is 0 Å². The summed E-state index contributed by atoms with van der Waals surface area (Å²) in [5.41, 5.74) is 4.54. The molecule has 1 heterocycles. The van der Waals surface area contributed by atoms with Crippen molar-refractivity contribution in [3.63, 3.8) is 0 Å². The van der Waals surface area contributed by atoms with E-state index in [-0.39, 0.29) is 10.6 Å². The summed E-state index contributed by atoms with van der Waals surface area (Å²) in [6.07, 6.45) is 0.850. The van der Waals surface area contributed by atoms with Gasteiger partial charge in [-0.3, -0.25) is 9.42 Å². The van der Waals surface area contributed by atoms with Gasteiger partial charge < -0.3 is 10.9 Å². The number of nitrogens with zero attached hydrogens (tertiary/aromatic N) is 2. The average molecular weight is 129 g/mol. The molecule has 9 heavy (non-hydrogen) atoms. The standard InChI is InChI=1S/C3H3N3O3/c4-3(7)2-1-6(8)9-5-2/h1H,(H2,4,7). The molecule has 0 fully saturated rings. The zero-order chi connectivity index (χ0) is 6.85. The van der Waals surface area contributed by atoms with Crippen LogP contribution in [0.5, 0.6) is 0 Å². The van der Waals surface area contributed by atoms with Crippen LogP contribution >= 0.6 is 0 Å². The van der Waals surface area contributed by atoms with Gasteiger partial charge in [0.05, 0.1) is 5.16 Å². The lowest BCUT2D eigenvalue weighted by molar-refractivity contribution is -0.802. The van der Waals surface area contributed by atoms with E-state index in [9.17, 15) is 10.0 Å². The second-order valence-corrected chi connectivity index (χ2v) is 1.34. The van der Waals surface area contributed by atoms with Crippen LogP contribution in [0, 0.1) is 5.21 Å². The van der Waals surface area contributed by atoms with E-state index in [4.69, 9.17) is 5.73 Å². The Morgan fingerprint density at radius 3 is 2.89 bits per heavy atom. The second kappa shape index (κ2) is 1.73. The molecular weight excluding hydrogens is 126 g/mol. The number of hydrogen-bond donors (Lipinski definition) is 1. The van der Waals surface area contributed by atoms with Gasteiger partial charge in [-0.1, -0.05) is 0 Å². The lowest BCUT2D eigenvalue weighted by atomic mass is 10.5. The monoisotopic (exact) mass is 129 g/mol. The topological polar surface area (TPSA) is 96.1 Å². The predicted molar refractivity (Wildman–Crippen MR) is 24.0 cm³/mol. The Kier molecular flexibility index (Phi) is 1.07. The molecule has 0 aliphatic carbocycles. The van der Waals surface area contributed by atoms with Crippen LogP contribution in [0.4, 0.5) is 0 Å². The molecule has 6 heteroatoms. The Morgan fingerprint density at radius 1 is 2.00 bits per heavy atom. The lowest BCUT2D eigenvalue weighted by Crippen LogP contribution is -2.21. The molecule has 48 valence electrons. The normalized spacial score (nSPS) is 9.33. The van der Waals surface area contributed by atoms with Gasteiger partial charge in [0.1, 0.15) is 0 Å². The van der Waals surface area contributed by atoms with Gasteiger partial charge >= 0.3 is 5.69 Å². The van der Waals surface area contributed by atoms with Crippen LogP contribution in [0.3, 0.4) is 0 Å². The first kappa shape index (κ1) is 5.54. The third-order valence-corrected chi connectivity index (χ3v) is 0.700. The minimum absolute atomic E-state index is 0.0418. The van der Waals surface area contributed by atoms with Gasteiger partial charge in [0.15, 0.2) is 6.20 Å². The summed E-state index contributed by atoms with van der Waals surface area (Å²) in [5.74, 6) is -0.784. The maximum Gasteiger partial charge on any atom is 0.304 e. The van der Waals surface area contributed by atoms with Crippen molar-refractivity contribution >= 4 is 5.91 Å². The van der Waals surface area contributed by atoms with Gasteiger partial charge in [-0.05, 0) is 4.90 Å². The Hall–Kier alpha value is -1.59. The van der Waals surface area contributed by atoms with E-state index in [1.54, 1.807) is 0 Å². The predicted octanol–water partition coefficient (Wildman–Crippen LogP) is -1.59. The van der Waals surface area contributed by atoms with Crippen molar-refractivity contribution in [1.82, 2.24) is 5.16 Å². The zero-order valence-electron chi connectivity index (χ0n) is 4.27. The summed E-state index contributed by atoms with van der Waals surface area (Å²) in [5, 5.41) is 13.1. The summed E-state index contributed by atoms with van der Waals surface area (Å²) in [6, 6.07) is 0. The number of amides is 1. The Balaban J connectivity index is 2.98. The fraction of sp³-hybridized carbons (Fsp3) is 0. The van der Waals surface area contributed by atoms with Gasteiger partial charge in [-0.2, -0.15) is 0 Å². The van der Waals surface area contributed by atoms with E-state index in [1.165, 1.54) is 0 Å². The smallest absolute Gasteiger partial charge is 0.304 e. The minimum atomic E-state index is -0.784. The van der Waals surface area contributed by atoms with Gasteiger partial charge in [0.2, 0.25) is 0 Å². The molecule has 0 aromatic carbocycles. The molecule has 2 N–H and O–H groups in total. The van der Waals surface area contributed by atoms with Crippen LogP contribution in [0.15, 0.2) is 10.8 Å². The number of carbonyl (C=O) groups excluding carboxylic acids is 1. The summed E-state index contributed by atoms with van der Waals surface area (Å²) in [4.78, 5) is 10.2. The maximum absolute atomic E-state index is 10.2. The lowest BCUT2D eigenvalue weighted by Gasteiger charge is -1.74. The van der Waals surface area contributed by atoms with Gasteiger partial charge in [0.25, 0.3) is 5.91 Å². The summed E-state index contributed by atoms with van der Waals surface area (Å²) in [6.45, 7) is 0. The van der Waals surface area contributed by atoms with Crippen LogP contribution in [0.25, 0.3) is 0 Å². The Morgan fingerprint density at radius 2 is 2.67 bits per heavy atom. The highest BCUT2D eigenvalue weighted by molar-refractivity contribution is 5.89. The number of aromatic nitrogens is 2. The molecule has 0 bridgehead atoms. The first-order valence-corrected chi connectivity index (χ1v) is 2.06. The molecule has 1 rings (SSSR count). The first-order valence-electron chi connectivity index (χ1n) is 2.06. The molecule has 0 saturated heterocycles. The molecule has 0 saturated carbocycles. The molecule has 0 aliphatic rings. The molecule has 0 radical (unpaired) electrons. The van der Waals surface area contributed by atoms with Gasteiger partial charge in [-0.15, -0.1) is 0 Å². The third-order valence-electron chi connectivity index (χ3n) is 0.700. The molecule has 6 nitrogen and oxygen atoms in total. The summed E-state index contributed by atoms with van der Waals surface area (Å²) in [7, 11) is 0. The first-order chi connectivity index (χ1) is 4.20. The van der Waals surface area contributed by atoms with Crippen molar-refractivity contribution in [3.05, 3.63) is 17.1 Å². The van der Waals surface area contributed by atoms with Crippen LogP contribution in [-0.2, 0) is 0 Å². The second-order valence-electron chi connectivity index (χ2n) is 1.34. The van der Waals surface area contributed by atoms with Crippen LogP contribution < -0.4 is 10.6 Å². The maximum atomic E-state index is 10.2. The molecular formula is C3H3N3O3. The molecule has 1 aromatic heterocycles. The molecule has 1 aromatic rings. The summed E-state index contributed by atoms with van der Waals surface area (Å²) >= 11 is 0. The van der Waals surface area contributed by atoms with E-state index in [1.807, 2.05) is 0 Å². The van der Waals surface area contributed by atoms with E-state index in [0.29, 0.717) is 0 Å². The number of rotatable bonds is 1. The van der Waals surface area contributed by atoms with E-state index >= 15 is 0 Å². The highest BCUT2D eigenvalue weighted by Gasteiger charge is 2.10. The van der Waals surface area contributed by atoms with Crippen molar-refractivity contribution in [1.29, 1.82) is 0 Å². The average Bonchev–Trinajstić information content (AvgIpc) is 2.14. The highest BCUT2D eigenvalue weighted by atomic mass is 16.8. The SMILES string of the molecule is NC(=O)c1c[n+]([O-])on1. The molecule has 0 atom stereocenters. The molecule has 0 aliphatic heterocycles. The van der Waals surface area contributed by atoms with Crippen molar-refractivity contribution in [2.24, 2.45) is 5.73 Å². The highest BCUT2D eigenvalue weighted by Crippen LogP contribution is 1.83. The summed E-state index contributed by atoms with van der Waals surface area (Å²) < 4.78 is 3.94. The number of carbonyl (C=O) groups is 1. The molecule has 0 spiro atoms. The van der Waals surface area contributed by atoms with Crippen molar-refractivity contribution in [3.8, 4) is 0 Å².